The molecule has 0 aromatic heterocycles. The maximum Gasteiger partial charge on any atom is 0.305 e. The third-order valence-corrected chi connectivity index (χ3v) is 2.22. The standard InChI is InChI=1S/C8H15N2O4.C7H14O3.Fm/c9-8(12)1-3-13-5-6-14-4-2-10-7-11;1-6(2)5-10-4-3-7(8)9;/h1-6H2,(H2,9,12)(H,10,11);6H,3-5H2,1-2H3,(H,8,9);/q-1;;. The molecule has 0 aliphatic rings. The maximum absolute atomic E-state index is 10.3. The Kier molecular flexibility index (Phi) is 23.1. The zero-order valence-electron chi connectivity index (χ0n) is 14.7. The third-order valence-electron chi connectivity index (χ3n) is 2.22. The summed E-state index contributed by atoms with van der Waals surface area (Å²) in [5.41, 5.74) is 4.89. The summed E-state index contributed by atoms with van der Waals surface area (Å²) in [5, 5.41) is 10.5. The van der Waals surface area contributed by atoms with Gasteiger partial charge in [0, 0.05) is 19.6 Å². The van der Waals surface area contributed by atoms with Crippen molar-refractivity contribution in [1.82, 2.24) is 5.32 Å². The van der Waals surface area contributed by atoms with E-state index in [1.807, 2.05) is 13.8 Å². The summed E-state index contributed by atoms with van der Waals surface area (Å²) in [6.07, 6.45) is 1.86. The molecule has 0 spiro atoms. The zero-order chi connectivity index (χ0) is 18.6. The summed E-state index contributed by atoms with van der Waals surface area (Å²) in [6.45, 7) is 7.05. The first kappa shape index (κ1) is 27.2. The van der Waals surface area contributed by atoms with Gasteiger partial charge >= 0.3 is 5.97 Å². The molecule has 4 N–H and O–H groups in total. The van der Waals surface area contributed by atoms with Crippen molar-refractivity contribution in [3.63, 3.8) is 0 Å². The van der Waals surface area contributed by atoms with Crippen molar-refractivity contribution in [3.8, 4) is 0 Å². The predicted octanol–water partition coefficient (Wildman–Crippen LogP) is -0.314. The number of carbonyl (C=O) groups excluding carboxylic acids is 2. The molecule has 0 bridgehead atoms. The second-order valence-electron chi connectivity index (χ2n) is 5.08. The molecule has 0 fully saturated rings. The number of carbonyl (C=O) groups is 2. The van der Waals surface area contributed by atoms with Crippen molar-refractivity contribution in [2.45, 2.75) is 26.7 Å². The SMILES string of the molecule is CC(C)COCCC(=O)O.NC(=O)CCOCCOCCN[C-]=O.[Fm]. The van der Waals surface area contributed by atoms with Crippen molar-refractivity contribution in [2.24, 2.45) is 11.7 Å². The smallest absolute Gasteiger partial charge is 0.305 e. The van der Waals surface area contributed by atoms with Gasteiger partial charge in [-0.15, -0.1) is 0 Å². The van der Waals surface area contributed by atoms with E-state index in [-0.39, 0.29) is 18.7 Å². The van der Waals surface area contributed by atoms with Gasteiger partial charge in [0.05, 0.1) is 39.5 Å². The molecule has 9 nitrogen and oxygen atoms in total. The fraction of sp³-hybridized carbons (Fsp3) is 0.800. The van der Waals surface area contributed by atoms with Crippen LogP contribution in [0.3, 0.4) is 0 Å². The molecule has 154 valence electrons. The van der Waals surface area contributed by atoms with E-state index in [9.17, 15) is 14.4 Å². The Morgan fingerprint density at radius 3 is 2.08 bits per heavy atom. The predicted molar refractivity (Wildman–Crippen MR) is 87.1 cm³/mol. The molecular formula is C15H29FmN2O7-. The van der Waals surface area contributed by atoms with Crippen molar-refractivity contribution in [2.75, 3.05) is 46.2 Å². The largest absolute Gasteiger partial charge is 0.528 e. The Labute approximate surface area is 142 Å². The molecule has 10 heteroatoms. The van der Waals surface area contributed by atoms with Gasteiger partial charge in [-0.25, -0.2) is 0 Å². The summed E-state index contributed by atoms with van der Waals surface area (Å²) in [4.78, 5) is 29.9. The molecule has 0 rings (SSSR count). The molecule has 0 saturated heterocycles. The first-order valence-electron chi connectivity index (χ1n) is 7.73. The average Bonchev–Trinajstić information content (AvgIpc) is 2.50. The Morgan fingerprint density at radius 1 is 1.04 bits per heavy atom. The van der Waals surface area contributed by atoms with Gasteiger partial charge in [0.25, 0.3) is 0 Å². The van der Waals surface area contributed by atoms with E-state index in [4.69, 9.17) is 25.1 Å². The first-order chi connectivity index (χ1) is 11.4. The molecule has 0 unspecified atom stereocenters. The van der Waals surface area contributed by atoms with E-state index < -0.39 is 5.97 Å². The number of nitrogens with one attached hydrogen (secondary N) is 1. The van der Waals surface area contributed by atoms with Gasteiger partial charge in [-0.05, 0) is 5.92 Å². The van der Waals surface area contributed by atoms with Gasteiger partial charge in [-0.1, -0.05) is 13.8 Å². The number of aliphatic carboxylic acids is 1. The summed E-state index contributed by atoms with van der Waals surface area (Å²) in [6, 6.07) is 0. The topological polar surface area (TPSA) is 137 Å². The number of nitrogens with two attached hydrogens (primary N) is 1. The normalized spacial score (nSPS) is 9.56. The van der Waals surface area contributed by atoms with Crippen LogP contribution in [0.15, 0.2) is 0 Å². The minimum Gasteiger partial charge on any atom is -0.528 e. The van der Waals surface area contributed by atoms with E-state index in [1.165, 1.54) is 6.41 Å². The van der Waals surface area contributed by atoms with Crippen molar-refractivity contribution < 1.29 is 33.7 Å². The van der Waals surface area contributed by atoms with Crippen LogP contribution in [0.2, 0.25) is 0 Å². The number of ether oxygens (including phenoxy) is 3. The second kappa shape index (κ2) is 21.3. The van der Waals surface area contributed by atoms with E-state index in [0.717, 1.165) is 0 Å². The number of primary amides is 1. The second-order valence-corrected chi connectivity index (χ2v) is 5.08. The molecule has 25 heavy (non-hydrogen) atoms. The van der Waals surface area contributed by atoms with Crippen molar-refractivity contribution >= 4 is 18.3 Å². The van der Waals surface area contributed by atoms with E-state index >= 15 is 0 Å². The summed E-state index contributed by atoms with van der Waals surface area (Å²) in [5.74, 6) is -0.700. The molecule has 0 heterocycles. The molecule has 0 aromatic carbocycles. The fourth-order valence-electron chi connectivity index (χ4n) is 1.15. The van der Waals surface area contributed by atoms with Crippen LogP contribution >= 0.6 is 0 Å². The van der Waals surface area contributed by atoms with Crippen LogP contribution in [0.1, 0.15) is 26.7 Å². The molecular weight excluding hydrogens is 577 g/mol. The van der Waals surface area contributed by atoms with Crippen LogP contribution in [0, 0.1) is 5.92 Å². The van der Waals surface area contributed by atoms with Gasteiger partial charge in [0.1, 0.15) is 0 Å². The van der Waals surface area contributed by atoms with Crippen LogP contribution in [-0.2, 0) is 28.6 Å². The van der Waals surface area contributed by atoms with Crippen molar-refractivity contribution in [3.05, 3.63) is 0 Å². The van der Waals surface area contributed by atoms with Gasteiger partial charge < -0.3 is 35.2 Å². The summed E-state index contributed by atoms with van der Waals surface area (Å²) < 4.78 is 15.1. The number of carboxylic acids is 1. The molecule has 0 aromatic rings. The zero-order valence-corrected chi connectivity index (χ0v) is 17.1. The van der Waals surface area contributed by atoms with Crippen LogP contribution in [0.4, 0.5) is 0 Å². The minimum absolute atomic E-state index is 0. The van der Waals surface area contributed by atoms with Crippen LogP contribution in [0.25, 0.3) is 0 Å². The monoisotopic (exact) mass is 606 g/mol. The van der Waals surface area contributed by atoms with E-state index in [2.05, 4.69) is 5.32 Å². The van der Waals surface area contributed by atoms with Gasteiger partial charge in [-0.3, -0.25) is 9.59 Å². The van der Waals surface area contributed by atoms with E-state index in [1.54, 1.807) is 0 Å². The summed E-state index contributed by atoms with van der Waals surface area (Å²) >= 11 is 0. The molecule has 0 radical (unpaired) electrons. The number of amides is 2. The third kappa shape index (κ3) is 33.9. The number of hydrogen-bond donors (Lipinski definition) is 3. The van der Waals surface area contributed by atoms with Crippen LogP contribution < -0.4 is 11.1 Å². The van der Waals surface area contributed by atoms with Gasteiger partial charge in [0.2, 0.25) is 5.91 Å². The molecule has 0 aliphatic carbocycles. The fourth-order valence-corrected chi connectivity index (χ4v) is 1.15. The van der Waals surface area contributed by atoms with Crippen LogP contribution in [-0.4, -0.2) is 69.6 Å². The first-order valence-corrected chi connectivity index (χ1v) is 7.73. The Balaban J connectivity index is -0.000000392. The number of hydrogen-bond acceptors (Lipinski definition) is 6. The molecule has 0 aliphatic heterocycles. The van der Waals surface area contributed by atoms with Gasteiger partial charge in [-0.2, -0.15) is 6.41 Å². The molecule has 0 saturated carbocycles. The Morgan fingerprint density at radius 2 is 1.60 bits per heavy atom. The summed E-state index contributed by atoms with van der Waals surface area (Å²) in [7, 11) is 0. The van der Waals surface area contributed by atoms with Crippen molar-refractivity contribution in [1.29, 1.82) is 0 Å². The maximum atomic E-state index is 10.3. The average molecular weight is 606 g/mol. The molecule has 2 amide bonds. The minimum atomic E-state index is -0.802. The van der Waals surface area contributed by atoms with Crippen LogP contribution in [0.5, 0.6) is 0 Å². The Hall–Kier alpha value is -2.71. The van der Waals surface area contributed by atoms with Gasteiger partial charge in [0.15, 0.2) is 0 Å². The number of carboxylic acid groups (broad SMARTS) is 1. The van der Waals surface area contributed by atoms with E-state index in [0.29, 0.717) is 52.1 Å². The molecule has 0 atom stereocenters. The number of rotatable bonds is 15. The Bertz CT molecular complexity index is 331. The quantitative estimate of drug-likeness (QED) is 0.132.